The van der Waals surface area contributed by atoms with Crippen molar-refractivity contribution in [3.05, 3.63) is 51.9 Å². The molecule has 1 saturated heterocycles. The molecule has 10 heteroatoms. The van der Waals surface area contributed by atoms with Crippen LogP contribution in [-0.4, -0.2) is 57.6 Å². The number of benzene rings is 1. The minimum absolute atomic E-state index is 0.131. The van der Waals surface area contributed by atoms with Gasteiger partial charge in [-0.15, -0.1) is 0 Å². The SMILES string of the molecule is COC[C@@H]1CCCN1C(=O)c1c(F)c(Cl)cc(C(C)c2nc(C)c3c(N)nccn23)c1OC(C)C. The molecule has 3 heterocycles. The Bertz CT molecular complexity index is 1260. The third-order valence-electron chi connectivity index (χ3n) is 6.40. The number of nitrogen functional groups attached to an aromatic ring is 1. The molecule has 2 N–H and O–H groups in total. The van der Waals surface area contributed by atoms with Crippen LogP contribution in [0, 0.1) is 12.7 Å². The molecule has 0 aliphatic carbocycles. The summed E-state index contributed by atoms with van der Waals surface area (Å²) in [5, 5.41) is -0.146. The van der Waals surface area contributed by atoms with E-state index < -0.39 is 17.6 Å². The number of aryl methyl sites for hydroxylation is 1. The zero-order valence-corrected chi connectivity index (χ0v) is 21.4. The molecule has 2 aromatic heterocycles. The molecule has 1 aromatic carbocycles. The average Bonchev–Trinajstić information content (AvgIpc) is 3.40. The van der Waals surface area contributed by atoms with Crippen LogP contribution in [0.1, 0.15) is 67.0 Å². The van der Waals surface area contributed by atoms with Crippen molar-refractivity contribution < 1.29 is 18.7 Å². The van der Waals surface area contributed by atoms with Crippen LogP contribution in [0.25, 0.3) is 5.52 Å². The number of nitrogens with two attached hydrogens (primary N) is 1. The number of carbonyl (C=O) groups excluding carboxylic acids is 1. The number of anilines is 1. The number of nitrogens with zero attached hydrogens (tertiary/aromatic N) is 4. The second-order valence-electron chi connectivity index (χ2n) is 9.19. The third kappa shape index (κ3) is 4.54. The number of methoxy groups -OCH3 is 1. The molecule has 0 radical (unpaired) electrons. The summed E-state index contributed by atoms with van der Waals surface area (Å²) in [4.78, 5) is 24.3. The minimum atomic E-state index is -0.788. The lowest BCUT2D eigenvalue weighted by Crippen LogP contribution is -2.39. The molecule has 8 nitrogen and oxygen atoms in total. The second-order valence-corrected chi connectivity index (χ2v) is 9.60. The van der Waals surface area contributed by atoms with E-state index >= 15 is 4.39 Å². The molecule has 3 aromatic rings. The predicted octanol–water partition coefficient (Wildman–Crippen LogP) is 4.60. The van der Waals surface area contributed by atoms with Crippen molar-refractivity contribution in [2.24, 2.45) is 0 Å². The molecule has 1 unspecified atom stereocenters. The van der Waals surface area contributed by atoms with Gasteiger partial charge in [0.05, 0.1) is 29.5 Å². The van der Waals surface area contributed by atoms with Crippen molar-refractivity contribution in [1.82, 2.24) is 19.3 Å². The van der Waals surface area contributed by atoms with E-state index in [1.54, 1.807) is 24.4 Å². The standard InChI is InChI=1S/C25H31ClFN5O3/c1-13(2)35-22-17(14(3)24-30-15(4)21-23(28)29-8-10-32(21)24)11-18(26)20(27)19(22)25(33)31-9-6-7-16(31)12-34-5/h8,10-11,13-14,16H,6-7,9,12H2,1-5H3,(H2,28,29)/t14?,16-/m0/s1. The monoisotopic (exact) mass is 503 g/mol. The van der Waals surface area contributed by atoms with Crippen molar-refractivity contribution in [3.8, 4) is 5.75 Å². The Morgan fingerprint density at radius 1 is 1.37 bits per heavy atom. The average molecular weight is 504 g/mol. The zero-order chi connectivity index (χ0) is 25.4. The van der Waals surface area contributed by atoms with Gasteiger partial charge in [0.1, 0.15) is 28.5 Å². The molecule has 1 amide bonds. The summed E-state index contributed by atoms with van der Waals surface area (Å²) in [7, 11) is 1.59. The Balaban J connectivity index is 1.89. The molecule has 4 rings (SSSR count). The van der Waals surface area contributed by atoms with E-state index in [-0.39, 0.29) is 28.5 Å². The highest BCUT2D eigenvalue weighted by Crippen LogP contribution is 2.41. The number of rotatable bonds is 7. The van der Waals surface area contributed by atoms with Gasteiger partial charge in [-0.3, -0.25) is 9.20 Å². The van der Waals surface area contributed by atoms with Crippen molar-refractivity contribution >= 4 is 28.8 Å². The van der Waals surface area contributed by atoms with Crippen LogP contribution >= 0.6 is 11.6 Å². The Morgan fingerprint density at radius 3 is 2.80 bits per heavy atom. The number of ether oxygens (including phenoxy) is 2. The first-order chi connectivity index (χ1) is 16.6. The molecular weight excluding hydrogens is 473 g/mol. The van der Waals surface area contributed by atoms with Gasteiger partial charge in [-0.05, 0) is 39.7 Å². The zero-order valence-electron chi connectivity index (χ0n) is 20.6. The summed E-state index contributed by atoms with van der Waals surface area (Å²) in [5.74, 6) is -0.445. The quantitative estimate of drug-likeness (QED) is 0.506. The molecule has 0 saturated carbocycles. The fourth-order valence-corrected chi connectivity index (χ4v) is 5.04. The fourth-order valence-electron chi connectivity index (χ4n) is 4.83. The van der Waals surface area contributed by atoms with E-state index in [2.05, 4.69) is 4.98 Å². The first-order valence-corrected chi connectivity index (χ1v) is 12.1. The molecule has 1 fully saturated rings. The summed E-state index contributed by atoms with van der Waals surface area (Å²) in [6.07, 6.45) is 4.68. The molecule has 1 aliphatic rings. The first kappa shape index (κ1) is 25.2. The Kier molecular flexibility index (Phi) is 7.19. The lowest BCUT2D eigenvalue weighted by molar-refractivity contribution is 0.0620. The van der Waals surface area contributed by atoms with Crippen LogP contribution in [0.15, 0.2) is 18.5 Å². The van der Waals surface area contributed by atoms with Gasteiger partial charge >= 0.3 is 0 Å². The van der Waals surface area contributed by atoms with Gasteiger partial charge in [0, 0.05) is 37.5 Å². The van der Waals surface area contributed by atoms with Crippen molar-refractivity contribution in [3.63, 3.8) is 0 Å². The van der Waals surface area contributed by atoms with Crippen molar-refractivity contribution in [2.45, 2.75) is 58.6 Å². The number of carbonyl (C=O) groups is 1. The van der Waals surface area contributed by atoms with Crippen LogP contribution in [0.4, 0.5) is 10.2 Å². The molecule has 35 heavy (non-hydrogen) atoms. The van der Waals surface area contributed by atoms with Gasteiger partial charge in [-0.1, -0.05) is 18.5 Å². The first-order valence-electron chi connectivity index (χ1n) is 11.7. The van der Waals surface area contributed by atoms with E-state index in [1.807, 2.05) is 32.1 Å². The molecule has 188 valence electrons. The maximum atomic E-state index is 15.5. The van der Waals surface area contributed by atoms with E-state index in [1.165, 1.54) is 6.07 Å². The van der Waals surface area contributed by atoms with E-state index in [9.17, 15) is 4.79 Å². The third-order valence-corrected chi connectivity index (χ3v) is 6.68. The second kappa shape index (κ2) is 9.99. The van der Waals surface area contributed by atoms with Gasteiger partial charge in [0.2, 0.25) is 0 Å². The van der Waals surface area contributed by atoms with Crippen molar-refractivity contribution in [2.75, 3.05) is 26.0 Å². The lowest BCUT2D eigenvalue weighted by Gasteiger charge is -2.27. The smallest absolute Gasteiger partial charge is 0.261 e. The topological polar surface area (TPSA) is 95.0 Å². The fraction of sp³-hybridized carbons (Fsp3) is 0.480. The Morgan fingerprint density at radius 2 is 2.11 bits per heavy atom. The molecule has 0 bridgehead atoms. The van der Waals surface area contributed by atoms with Crippen LogP contribution in [0.5, 0.6) is 5.75 Å². The van der Waals surface area contributed by atoms with Crippen LogP contribution in [0.2, 0.25) is 5.02 Å². The van der Waals surface area contributed by atoms with E-state index in [4.69, 9.17) is 31.8 Å². The predicted molar refractivity (Wildman–Crippen MR) is 133 cm³/mol. The Hall–Kier alpha value is -2.91. The van der Waals surface area contributed by atoms with Crippen LogP contribution in [-0.2, 0) is 4.74 Å². The molecular formula is C25H31ClFN5O3. The number of amides is 1. The highest BCUT2D eigenvalue weighted by Gasteiger charge is 2.36. The van der Waals surface area contributed by atoms with E-state index in [0.29, 0.717) is 41.6 Å². The molecule has 2 atom stereocenters. The largest absolute Gasteiger partial charge is 0.490 e. The van der Waals surface area contributed by atoms with Crippen LogP contribution < -0.4 is 10.5 Å². The minimum Gasteiger partial charge on any atom is -0.490 e. The Labute approximate surface area is 209 Å². The molecule has 1 aliphatic heterocycles. The number of imidazole rings is 1. The summed E-state index contributed by atoms with van der Waals surface area (Å²) >= 11 is 6.37. The maximum absolute atomic E-state index is 15.5. The molecule has 0 spiro atoms. The number of aromatic nitrogens is 3. The van der Waals surface area contributed by atoms with Gasteiger partial charge in [-0.25, -0.2) is 14.4 Å². The number of hydrogen-bond donors (Lipinski definition) is 1. The van der Waals surface area contributed by atoms with Crippen molar-refractivity contribution in [1.29, 1.82) is 0 Å². The number of fused-ring (bicyclic) bond motifs is 1. The highest BCUT2D eigenvalue weighted by molar-refractivity contribution is 6.31. The van der Waals surface area contributed by atoms with Crippen LogP contribution in [0.3, 0.4) is 0 Å². The number of likely N-dealkylation sites (tertiary alicyclic amines) is 1. The number of halogens is 2. The summed E-state index contributed by atoms with van der Waals surface area (Å²) in [6, 6.07) is 1.39. The number of hydrogen-bond acceptors (Lipinski definition) is 6. The van der Waals surface area contributed by atoms with Gasteiger partial charge in [0.25, 0.3) is 5.91 Å². The summed E-state index contributed by atoms with van der Waals surface area (Å²) in [5.41, 5.74) is 7.92. The van der Waals surface area contributed by atoms with Gasteiger partial charge in [-0.2, -0.15) is 0 Å². The summed E-state index contributed by atoms with van der Waals surface area (Å²) < 4.78 is 28.8. The lowest BCUT2D eigenvalue weighted by atomic mass is 9.95. The maximum Gasteiger partial charge on any atom is 0.261 e. The highest BCUT2D eigenvalue weighted by atomic mass is 35.5. The summed E-state index contributed by atoms with van der Waals surface area (Å²) in [6.45, 7) is 8.33. The van der Waals surface area contributed by atoms with Gasteiger partial charge < -0.3 is 20.1 Å². The van der Waals surface area contributed by atoms with E-state index in [0.717, 1.165) is 12.8 Å². The normalized spacial score (nSPS) is 16.9. The van der Waals surface area contributed by atoms with Gasteiger partial charge in [0.15, 0.2) is 5.82 Å².